The summed E-state index contributed by atoms with van der Waals surface area (Å²) in [5.41, 5.74) is 2.29. The second-order valence-corrected chi connectivity index (χ2v) is 5.65. The molecule has 1 unspecified atom stereocenters. The number of para-hydroxylation sites is 1. The lowest BCUT2D eigenvalue weighted by molar-refractivity contribution is 0.499. The van der Waals surface area contributed by atoms with Gasteiger partial charge in [0.25, 0.3) is 0 Å². The van der Waals surface area contributed by atoms with Crippen molar-refractivity contribution in [2.75, 3.05) is 5.32 Å². The first-order chi connectivity index (χ1) is 9.84. The summed E-state index contributed by atoms with van der Waals surface area (Å²) in [6, 6.07) is 22.5. The van der Waals surface area contributed by atoms with Gasteiger partial charge in [-0.1, -0.05) is 42.5 Å². The average Bonchev–Trinajstić information content (AvgIpc) is 3.01. The van der Waals surface area contributed by atoms with Gasteiger partial charge in [0.15, 0.2) is 0 Å². The number of halogens is 1. The van der Waals surface area contributed by atoms with Crippen LogP contribution in [0.5, 0.6) is 0 Å². The number of furan rings is 1. The number of hydrogen-bond acceptors (Lipinski definition) is 2. The highest BCUT2D eigenvalue weighted by atomic mass is 127. The van der Waals surface area contributed by atoms with Gasteiger partial charge in [-0.3, -0.25) is 0 Å². The summed E-state index contributed by atoms with van der Waals surface area (Å²) in [6.07, 6.45) is 1.71. The summed E-state index contributed by atoms with van der Waals surface area (Å²) < 4.78 is 6.79. The van der Waals surface area contributed by atoms with Crippen molar-refractivity contribution in [2.24, 2.45) is 0 Å². The number of benzene rings is 2. The Labute approximate surface area is 132 Å². The van der Waals surface area contributed by atoms with Crippen molar-refractivity contribution >= 4 is 28.3 Å². The predicted octanol–water partition coefficient (Wildman–Crippen LogP) is 5.09. The lowest BCUT2D eigenvalue weighted by atomic mass is 10.0. The van der Waals surface area contributed by atoms with E-state index >= 15 is 0 Å². The van der Waals surface area contributed by atoms with E-state index in [2.05, 4.69) is 52.2 Å². The molecule has 1 heterocycles. The first-order valence-electron chi connectivity index (χ1n) is 6.44. The summed E-state index contributed by atoms with van der Waals surface area (Å²) in [4.78, 5) is 0. The van der Waals surface area contributed by atoms with Crippen LogP contribution < -0.4 is 5.32 Å². The maximum atomic E-state index is 5.60. The third-order valence-corrected chi connectivity index (χ3v) is 4.07. The molecule has 3 aromatic rings. The zero-order chi connectivity index (χ0) is 13.8. The topological polar surface area (TPSA) is 25.2 Å². The molecule has 0 saturated heterocycles. The monoisotopic (exact) mass is 375 g/mol. The van der Waals surface area contributed by atoms with Gasteiger partial charge >= 0.3 is 0 Å². The average molecular weight is 375 g/mol. The SMILES string of the molecule is Ic1ccccc1NC(c1ccccc1)c1ccco1. The maximum Gasteiger partial charge on any atom is 0.130 e. The van der Waals surface area contributed by atoms with Crippen LogP contribution >= 0.6 is 22.6 Å². The van der Waals surface area contributed by atoms with Gasteiger partial charge in [-0.25, -0.2) is 0 Å². The third kappa shape index (κ3) is 2.88. The highest BCUT2D eigenvalue weighted by molar-refractivity contribution is 14.1. The molecule has 0 aliphatic heterocycles. The Kier molecular flexibility index (Phi) is 4.06. The van der Waals surface area contributed by atoms with Crippen molar-refractivity contribution in [3.63, 3.8) is 0 Å². The van der Waals surface area contributed by atoms with Crippen LogP contribution in [0.4, 0.5) is 5.69 Å². The van der Waals surface area contributed by atoms with E-state index in [1.54, 1.807) is 6.26 Å². The van der Waals surface area contributed by atoms with Crippen LogP contribution in [0.2, 0.25) is 0 Å². The molecule has 1 N–H and O–H groups in total. The van der Waals surface area contributed by atoms with Crippen molar-refractivity contribution < 1.29 is 4.42 Å². The minimum absolute atomic E-state index is 0.0158. The molecule has 1 aromatic heterocycles. The Balaban J connectivity index is 1.97. The first kappa shape index (κ1) is 13.2. The summed E-state index contributed by atoms with van der Waals surface area (Å²) in [7, 11) is 0. The molecule has 20 heavy (non-hydrogen) atoms. The smallest absolute Gasteiger partial charge is 0.130 e. The fourth-order valence-electron chi connectivity index (χ4n) is 2.15. The van der Waals surface area contributed by atoms with E-state index in [-0.39, 0.29) is 6.04 Å². The Morgan fingerprint density at radius 2 is 1.60 bits per heavy atom. The normalized spacial score (nSPS) is 12.1. The van der Waals surface area contributed by atoms with E-state index in [0.29, 0.717) is 0 Å². The Morgan fingerprint density at radius 3 is 2.30 bits per heavy atom. The molecule has 3 heteroatoms. The lowest BCUT2D eigenvalue weighted by Gasteiger charge is -2.19. The van der Waals surface area contributed by atoms with Gasteiger partial charge in [0.2, 0.25) is 0 Å². The molecule has 0 radical (unpaired) electrons. The molecule has 0 aliphatic rings. The summed E-state index contributed by atoms with van der Waals surface area (Å²) >= 11 is 2.34. The van der Waals surface area contributed by atoms with E-state index in [9.17, 15) is 0 Å². The standard InChI is InChI=1S/C17H14INO/c18-14-9-4-5-10-15(14)19-17(16-11-6-12-20-16)13-7-2-1-3-8-13/h1-12,17,19H. The molecule has 100 valence electrons. The Morgan fingerprint density at radius 1 is 0.850 bits per heavy atom. The molecule has 3 rings (SSSR count). The molecule has 0 fully saturated rings. The third-order valence-electron chi connectivity index (χ3n) is 3.13. The zero-order valence-corrected chi connectivity index (χ0v) is 12.9. The van der Waals surface area contributed by atoms with Crippen molar-refractivity contribution in [3.05, 3.63) is 87.9 Å². The number of hydrogen-bond donors (Lipinski definition) is 1. The van der Waals surface area contributed by atoms with Gasteiger partial charge in [-0.2, -0.15) is 0 Å². The number of rotatable bonds is 4. The molecule has 0 spiro atoms. The predicted molar refractivity (Wildman–Crippen MR) is 89.8 cm³/mol. The number of nitrogens with one attached hydrogen (secondary N) is 1. The second-order valence-electron chi connectivity index (χ2n) is 4.48. The molecule has 1 atom stereocenters. The molecule has 2 nitrogen and oxygen atoms in total. The lowest BCUT2D eigenvalue weighted by Crippen LogP contribution is -2.12. The quantitative estimate of drug-likeness (QED) is 0.643. The highest BCUT2D eigenvalue weighted by Crippen LogP contribution is 2.29. The Hall–Kier alpha value is -1.75. The molecule has 0 bridgehead atoms. The summed E-state index contributed by atoms with van der Waals surface area (Å²) in [5.74, 6) is 0.913. The molecule has 0 aliphatic carbocycles. The van der Waals surface area contributed by atoms with E-state index in [4.69, 9.17) is 4.42 Å². The van der Waals surface area contributed by atoms with Crippen LogP contribution in [0, 0.1) is 3.57 Å². The number of anilines is 1. The van der Waals surface area contributed by atoms with Crippen molar-refractivity contribution in [1.29, 1.82) is 0 Å². The van der Waals surface area contributed by atoms with E-state index < -0.39 is 0 Å². The molecular formula is C17H14INO. The van der Waals surface area contributed by atoms with Crippen LogP contribution in [0.1, 0.15) is 17.4 Å². The van der Waals surface area contributed by atoms with E-state index in [0.717, 1.165) is 11.4 Å². The second kappa shape index (κ2) is 6.13. The van der Waals surface area contributed by atoms with Crippen LogP contribution in [-0.4, -0.2) is 0 Å². The van der Waals surface area contributed by atoms with Crippen LogP contribution in [0.15, 0.2) is 77.4 Å². The fourth-order valence-corrected chi connectivity index (χ4v) is 2.70. The van der Waals surface area contributed by atoms with Gasteiger partial charge in [0.1, 0.15) is 11.8 Å². The molecule has 0 amide bonds. The maximum absolute atomic E-state index is 5.60. The van der Waals surface area contributed by atoms with Crippen LogP contribution in [0.25, 0.3) is 0 Å². The van der Waals surface area contributed by atoms with Gasteiger partial charge in [0, 0.05) is 9.26 Å². The minimum atomic E-state index is 0.0158. The van der Waals surface area contributed by atoms with Crippen molar-refractivity contribution in [1.82, 2.24) is 0 Å². The van der Waals surface area contributed by atoms with Gasteiger partial charge < -0.3 is 9.73 Å². The van der Waals surface area contributed by atoms with Crippen molar-refractivity contribution in [2.45, 2.75) is 6.04 Å². The van der Waals surface area contributed by atoms with E-state index in [1.807, 2.05) is 42.5 Å². The van der Waals surface area contributed by atoms with Crippen molar-refractivity contribution in [3.8, 4) is 0 Å². The minimum Gasteiger partial charge on any atom is -0.467 e. The molecular weight excluding hydrogens is 361 g/mol. The van der Waals surface area contributed by atoms with Gasteiger partial charge in [-0.15, -0.1) is 0 Å². The molecule has 0 saturated carbocycles. The first-order valence-corrected chi connectivity index (χ1v) is 7.52. The summed E-state index contributed by atoms with van der Waals surface area (Å²) in [5, 5.41) is 3.56. The fraction of sp³-hybridized carbons (Fsp3) is 0.0588. The van der Waals surface area contributed by atoms with Gasteiger partial charge in [0.05, 0.1) is 6.26 Å². The molecule has 2 aromatic carbocycles. The van der Waals surface area contributed by atoms with E-state index in [1.165, 1.54) is 9.13 Å². The van der Waals surface area contributed by atoms with Crippen LogP contribution in [-0.2, 0) is 0 Å². The van der Waals surface area contributed by atoms with Gasteiger partial charge in [-0.05, 0) is 52.4 Å². The van der Waals surface area contributed by atoms with Crippen LogP contribution in [0.3, 0.4) is 0 Å². The Bertz CT molecular complexity index is 664. The largest absolute Gasteiger partial charge is 0.467 e. The summed E-state index contributed by atoms with van der Waals surface area (Å²) in [6.45, 7) is 0. The zero-order valence-electron chi connectivity index (χ0n) is 10.8. The highest BCUT2D eigenvalue weighted by Gasteiger charge is 2.17.